The molecule has 2 aromatic rings. The minimum atomic E-state index is -1.07. The number of carboxylic acid groups (broad SMARTS) is 1. The molecule has 2 rings (SSSR count). The van der Waals surface area contributed by atoms with Gasteiger partial charge in [-0.3, -0.25) is 0 Å². The van der Waals surface area contributed by atoms with Crippen molar-refractivity contribution in [3.8, 4) is 0 Å². The van der Waals surface area contributed by atoms with E-state index < -0.39 is 11.8 Å². The summed E-state index contributed by atoms with van der Waals surface area (Å²) in [6.45, 7) is 4.43. The Bertz CT molecular complexity index is 653. The molecule has 0 fully saturated rings. The predicted molar refractivity (Wildman–Crippen MR) is 76.6 cm³/mol. The maximum absolute atomic E-state index is 13.7. The number of carboxylic acids is 1. The lowest BCUT2D eigenvalue weighted by Crippen LogP contribution is -2.05. The van der Waals surface area contributed by atoms with Crippen molar-refractivity contribution in [3.63, 3.8) is 0 Å². The predicted octanol–water partition coefficient (Wildman–Crippen LogP) is 3.75. The summed E-state index contributed by atoms with van der Waals surface area (Å²) in [5.74, 6) is -1.53. The van der Waals surface area contributed by atoms with E-state index in [0.717, 1.165) is 22.8 Å². The van der Waals surface area contributed by atoms with Crippen LogP contribution in [0.4, 0.5) is 10.1 Å². The van der Waals surface area contributed by atoms with Crippen molar-refractivity contribution in [2.24, 2.45) is 0 Å². The summed E-state index contributed by atoms with van der Waals surface area (Å²) in [6, 6.07) is 9.78. The van der Waals surface area contributed by atoms with Gasteiger partial charge in [0.15, 0.2) is 0 Å². The second-order valence-electron chi connectivity index (χ2n) is 4.78. The minimum Gasteiger partial charge on any atom is -0.478 e. The van der Waals surface area contributed by atoms with Crippen molar-refractivity contribution >= 4 is 11.7 Å². The fourth-order valence-electron chi connectivity index (χ4n) is 1.97. The zero-order valence-electron chi connectivity index (χ0n) is 11.4. The van der Waals surface area contributed by atoms with Crippen LogP contribution in [0, 0.1) is 19.7 Å². The second kappa shape index (κ2) is 5.74. The average Bonchev–Trinajstić information content (AvgIpc) is 2.41. The highest BCUT2D eigenvalue weighted by molar-refractivity contribution is 5.88. The van der Waals surface area contributed by atoms with Crippen LogP contribution < -0.4 is 5.32 Å². The molecular weight excluding hydrogens is 257 g/mol. The topological polar surface area (TPSA) is 49.3 Å². The average molecular weight is 273 g/mol. The molecule has 0 radical (unpaired) electrons. The van der Waals surface area contributed by atoms with Crippen LogP contribution in [0.5, 0.6) is 0 Å². The first-order chi connectivity index (χ1) is 9.47. The number of hydrogen-bond acceptors (Lipinski definition) is 2. The third-order valence-electron chi connectivity index (χ3n) is 3.19. The van der Waals surface area contributed by atoms with Gasteiger partial charge in [-0.05, 0) is 43.2 Å². The fourth-order valence-corrected chi connectivity index (χ4v) is 1.97. The molecule has 0 aliphatic rings. The van der Waals surface area contributed by atoms with E-state index in [9.17, 15) is 9.18 Å². The van der Waals surface area contributed by atoms with Gasteiger partial charge in [-0.1, -0.05) is 23.8 Å². The van der Waals surface area contributed by atoms with Crippen molar-refractivity contribution < 1.29 is 14.3 Å². The molecule has 2 aromatic carbocycles. The molecule has 20 heavy (non-hydrogen) atoms. The lowest BCUT2D eigenvalue weighted by atomic mass is 10.1. The zero-order valence-corrected chi connectivity index (χ0v) is 11.4. The highest BCUT2D eigenvalue weighted by atomic mass is 19.1. The van der Waals surface area contributed by atoms with Gasteiger partial charge in [0.1, 0.15) is 5.82 Å². The Kier molecular flexibility index (Phi) is 4.03. The largest absolute Gasteiger partial charge is 0.478 e. The molecule has 0 atom stereocenters. The first kappa shape index (κ1) is 14.1. The molecule has 0 amide bonds. The van der Waals surface area contributed by atoms with Crippen molar-refractivity contribution in [1.82, 2.24) is 0 Å². The number of benzene rings is 2. The van der Waals surface area contributed by atoms with Crippen molar-refractivity contribution in [2.45, 2.75) is 20.4 Å². The Hall–Kier alpha value is -2.36. The lowest BCUT2D eigenvalue weighted by Gasteiger charge is -2.11. The SMILES string of the molecule is Cc1ccc(C)c(CNc2cc(C(=O)O)ccc2F)c1. The van der Waals surface area contributed by atoms with Crippen LogP contribution in [0.25, 0.3) is 0 Å². The van der Waals surface area contributed by atoms with Gasteiger partial charge in [0.2, 0.25) is 0 Å². The van der Waals surface area contributed by atoms with Gasteiger partial charge in [0, 0.05) is 6.54 Å². The van der Waals surface area contributed by atoms with Gasteiger partial charge < -0.3 is 10.4 Å². The molecule has 0 saturated heterocycles. The van der Waals surface area contributed by atoms with Crippen LogP contribution >= 0.6 is 0 Å². The molecule has 0 spiro atoms. The Morgan fingerprint density at radius 1 is 1.20 bits per heavy atom. The van der Waals surface area contributed by atoms with Gasteiger partial charge in [0.05, 0.1) is 11.3 Å². The Balaban J connectivity index is 2.20. The molecule has 0 unspecified atom stereocenters. The third-order valence-corrected chi connectivity index (χ3v) is 3.19. The Morgan fingerprint density at radius 3 is 2.65 bits per heavy atom. The molecular formula is C16H16FNO2. The van der Waals surface area contributed by atoms with E-state index in [1.54, 1.807) is 0 Å². The molecule has 0 aliphatic heterocycles. The second-order valence-corrected chi connectivity index (χ2v) is 4.78. The summed E-state index contributed by atoms with van der Waals surface area (Å²) >= 11 is 0. The van der Waals surface area contributed by atoms with Gasteiger partial charge in [-0.2, -0.15) is 0 Å². The summed E-state index contributed by atoms with van der Waals surface area (Å²) in [6.07, 6.45) is 0. The Labute approximate surface area is 117 Å². The Morgan fingerprint density at radius 2 is 1.95 bits per heavy atom. The van der Waals surface area contributed by atoms with Crippen LogP contribution in [0.2, 0.25) is 0 Å². The highest BCUT2D eigenvalue weighted by Crippen LogP contribution is 2.18. The number of aromatic carboxylic acids is 1. The smallest absolute Gasteiger partial charge is 0.335 e. The lowest BCUT2D eigenvalue weighted by molar-refractivity contribution is 0.0697. The van der Waals surface area contributed by atoms with Crippen LogP contribution in [0.15, 0.2) is 36.4 Å². The highest BCUT2D eigenvalue weighted by Gasteiger charge is 2.08. The van der Waals surface area contributed by atoms with Crippen LogP contribution in [0.1, 0.15) is 27.0 Å². The summed E-state index contributed by atoms with van der Waals surface area (Å²) in [5, 5.41) is 11.9. The number of nitrogens with one attached hydrogen (secondary N) is 1. The number of carbonyl (C=O) groups is 1. The van der Waals surface area contributed by atoms with Crippen molar-refractivity contribution in [1.29, 1.82) is 0 Å². The summed E-state index contributed by atoms with van der Waals surface area (Å²) in [5.41, 5.74) is 3.57. The number of rotatable bonds is 4. The number of anilines is 1. The maximum atomic E-state index is 13.7. The minimum absolute atomic E-state index is 0.0647. The molecule has 0 aromatic heterocycles. The standard InChI is InChI=1S/C16H16FNO2/c1-10-3-4-11(2)13(7-10)9-18-15-8-12(16(19)20)5-6-14(15)17/h3-8,18H,9H2,1-2H3,(H,19,20). The molecule has 2 N–H and O–H groups in total. The summed E-state index contributed by atoms with van der Waals surface area (Å²) in [7, 11) is 0. The van der Waals surface area contributed by atoms with Gasteiger partial charge in [-0.15, -0.1) is 0 Å². The molecule has 104 valence electrons. The fraction of sp³-hybridized carbons (Fsp3) is 0.188. The van der Waals surface area contributed by atoms with Gasteiger partial charge in [0.25, 0.3) is 0 Å². The third kappa shape index (κ3) is 3.15. The molecule has 0 bridgehead atoms. The van der Waals surface area contributed by atoms with Gasteiger partial charge >= 0.3 is 5.97 Å². The number of halogens is 1. The number of aryl methyl sites for hydroxylation is 2. The molecule has 0 saturated carbocycles. The van der Waals surface area contributed by atoms with Crippen LogP contribution in [-0.4, -0.2) is 11.1 Å². The summed E-state index contributed by atoms with van der Waals surface area (Å²) < 4.78 is 13.7. The monoisotopic (exact) mass is 273 g/mol. The van der Waals surface area contributed by atoms with Crippen molar-refractivity contribution in [2.75, 3.05) is 5.32 Å². The van der Waals surface area contributed by atoms with E-state index in [2.05, 4.69) is 5.32 Å². The van der Waals surface area contributed by atoms with Crippen LogP contribution in [0.3, 0.4) is 0 Å². The maximum Gasteiger partial charge on any atom is 0.335 e. The molecule has 4 heteroatoms. The quantitative estimate of drug-likeness (QED) is 0.891. The van der Waals surface area contributed by atoms with Crippen molar-refractivity contribution in [3.05, 3.63) is 64.5 Å². The first-order valence-electron chi connectivity index (χ1n) is 6.30. The molecule has 0 heterocycles. The molecule has 0 aliphatic carbocycles. The summed E-state index contributed by atoms with van der Waals surface area (Å²) in [4.78, 5) is 10.9. The normalized spacial score (nSPS) is 10.3. The van der Waals surface area contributed by atoms with E-state index in [1.165, 1.54) is 12.1 Å². The zero-order chi connectivity index (χ0) is 14.7. The molecule has 3 nitrogen and oxygen atoms in total. The van der Waals surface area contributed by atoms with Crippen LogP contribution in [-0.2, 0) is 6.54 Å². The first-order valence-corrected chi connectivity index (χ1v) is 6.30. The van der Waals surface area contributed by atoms with E-state index >= 15 is 0 Å². The van der Waals surface area contributed by atoms with E-state index in [4.69, 9.17) is 5.11 Å². The van der Waals surface area contributed by atoms with E-state index in [-0.39, 0.29) is 11.3 Å². The van der Waals surface area contributed by atoms with E-state index in [1.807, 2.05) is 32.0 Å². The van der Waals surface area contributed by atoms with Gasteiger partial charge in [-0.25, -0.2) is 9.18 Å². The number of hydrogen-bond donors (Lipinski definition) is 2. The van der Waals surface area contributed by atoms with E-state index in [0.29, 0.717) is 6.54 Å².